The standard InChI is InChI=1S/C12H13NS/c1-7-4-8(2)11-10(5-7)6-9(3)12(14)13-11/h4-6H,1-3H3,(H,13,14). The lowest BCUT2D eigenvalue weighted by molar-refractivity contribution is 1.27. The molecule has 0 fully saturated rings. The van der Waals surface area contributed by atoms with Crippen LogP contribution in [0.3, 0.4) is 0 Å². The summed E-state index contributed by atoms with van der Waals surface area (Å²) in [6.45, 7) is 6.26. The van der Waals surface area contributed by atoms with Crippen LogP contribution in [-0.2, 0) is 0 Å². The van der Waals surface area contributed by atoms with Crippen LogP contribution in [0.4, 0.5) is 0 Å². The number of H-pyrrole nitrogens is 1. The molecule has 0 radical (unpaired) electrons. The molecule has 1 heterocycles. The number of aromatic nitrogens is 1. The van der Waals surface area contributed by atoms with E-state index in [0.717, 1.165) is 15.7 Å². The van der Waals surface area contributed by atoms with Crippen molar-refractivity contribution in [3.63, 3.8) is 0 Å². The van der Waals surface area contributed by atoms with Gasteiger partial charge in [0.1, 0.15) is 4.64 Å². The van der Waals surface area contributed by atoms with Gasteiger partial charge in [-0.15, -0.1) is 0 Å². The van der Waals surface area contributed by atoms with Crippen molar-refractivity contribution in [1.29, 1.82) is 0 Å². The van der Waals surface area contributed by atoms with Crippen molar-refractivity contribution >= 4 is 23.1 Å². The van der Waals surface area contributed by atoms with Gasteiger partial charge in [0.15, 0.2) is 0 Å². The molecule has 1 aromatic carbocycles. The summed E-state index contributed by atoms with van der Waals surface area (Å²) in [6, 6.07) is 6.50. The molecule has 1 aromatic heterocycles. The Kier molecular flexibility index (Phi) is 2.16. The highest BCUT2D eigenvalue weighted by atomic mass is 32.1. The molecule has 72 valence electrons. The number of benzene rings is 1. The zero-order chi connectivity index (χ0) is 10.3. The highest BCUT2D eigenvalue weighted by Crippen LogP contribution is 2.19. The monoisotopic (exact) mass is 203 g/mol. The Labute approximate surface area is 88.8 Å². The third-order valence-corrected chi connectivity index (χ3v) is 2.90. The number of fused-ring (bicyclic) bond motifs is 1. The fourth-order valence-corrected chi connectivity index (χ4v) is 1.96. The molecule has 0 saturated carbocycles. The first-order chi connectivity index (χ1) is 6.58. The number of aromatic amines is 1. The molecule has 14 heavy (non-hydrogen) atoms. The largest absolute Gasteiger partial charge is 0.346 e. The van der Waals surface area contributed by atoms with E-state index in [-0.39, 0.29) is 0 Å². The predicted molar refractivity (Wildman–Crippen MR) is 63.3 cm³/mol. The molecule has 0 bridgehead atoms. The van der Waals surface area contributed by atoms with Gasteiger partial charge in [-0.2, -0.15) is 0 Å². The van der Waals surface area contributed by atoms with Crippen molar-refractivity contribution in [3.05, 3.63) is 39.5 Å². The SMILES string of the molecule is Cc1cc(C)c2[nH]c(=S)c(C)cc2c1. The maximum Gasteiger partial charge on any atom is 0.106 e. The molecule has 0 saturated heterocycles. The summed E-state index contributed by atoms with van der Waals surface area (Å²) in [7, 11) is 0. The summed E-state index contributed by atoms with van der Waals surface area (Å²) in [5.41, 5.74) is 4.84. The minimum atomic E-state index is 0.837. The third kappa shape index (κ3) is 1.46. The number of nitrogens with one attached hydrogen (secondary N) is 1. The molecule has 2 heteroatoms. The van der Waals surface area contributed by atoms with E-state index in [1.54, 1.807) is 0 Å². The highest BCUT2D eigenvalue weighted by Gasteiger charge is 2.00. The summed E-state index contributed by atoms with van der Waals surface area (Å²) >= 11 is 5.22. The van der Waals surface area contributed by atoms with Gasteiger partial charge < -0.3 is 4.98 Å². The summed E-state index contributed by atoms with van der Waals surface area (Å²) < 4.78 is 0.837. The molecule has 0 amide bonds. The molecule has 1 nitrogen and oxygen atoms in total. The van der Waals surface area contributed by atoms with Crippen LogP contribution < -0.4 is 0 Å². The van der Waals surface area contributed by atoms with E-state index in [4.69, 9.17) is 12.2 Å². The number of rotatable bonds is 0. The quantitative estimate of drug-likeness (QED) is 0.643. The van der Waals surface area contributed by atoms with Crippen LogP contribution >= 0.6 is 12.2 Å². The molecular weight excluding hydrogens is 190 g/mol. The fraction of sp³-hybridized carbons (Fsp3) is 0.250. The Balaban J connectivity index is 2.96. The molecule has 2 rings (SSSR count). The lowest BCUT2D eigenvalue weighted by Gasteiger charge is -2.05. The van der Waals surface area contributed by atoms with E-state index < -0.39 is 0 Å². The second-order valence-electron chi connectivity index (χ2n) is 3.83. The van der Waals surface area contributed by atoms with Gasteiger partial charge in [0.05, 0.1) is 0 Å². The van der Waals surface area contributed by atoms with Gasteiger partial charge in [-0.1, -0.05) is 23.8 Å². The molecule has 1 N–H and O–H groups in total. The summed E-state index contributed by atoms with van der Waals surface area (Å²) in [4.78, 5) is 3.27. The first-order valence-electron chi connectivity index (χ1n) is 4.69. The molecule has 0 aliphatic carbocycles. The Morgan fingerprint density at radius 3 is 2.43 bits per heavy atom. The average Bonchev–Trinajstić information content (AvgIpc) is 2.08. The molecule has 0 aliphatic rings. The second-order valence-corrected chi connectivity index (χ2v) is 4.24. The van der Waals surface area contributed by atoms with Gasteiger partial charge in [0, 0.05) is 5.52 Å². The van der Waals surface area contributed by atoms with Crippen molar-refractivity contribution in [1.82, 2.24) is 4.98 Å². The smallest absolute Gasteiger partial charge is 0.106 e. The third-order valence-electron chi connectivity index (χ3n) is 2.48. The van der Waals surface area contributed by atoms with Crippen LogP contribution in [0.1, 0.15) is 16.7 Å². The van der Waals surface area contributed by atoms with Crippen LogP contribution in [-0.4, -0.2) is 4.98 Å². The lowest BCUT2D eigenvalue weighted by Crippen LogP contribution is -1.88. The van der Waals surface area contributed by atoms with E-state index in [1.165, 1.54) is 16.5 Å². The number of pyridine rings is 1. The molecule has 2 aromatic rings. The Morgan fingerprint density at radius 1 is 1.00 bits per heavy atom. The lowest BCUT2D eigenvalue weighted by atomic mass is 10.1. The zero-order valence-corrected chi connectivity index (χ0v) is 9.46. The van der Waals surface area contributed by atoms with Gasteiger partial charge >= 0.3 is 0 Å². The second kappa shape index (κ2) is 3.21. The molecule has 0 atom stereocenters. The predicted octanol–water partition coefficient (Wildman–Crippen LogP) is 3.82. The van der Waals surface area contributed by atoms with Gasteiger partial charge in [0.25, 0.3) is 0 Å². The Bertz CT molecular complexity index is 552. The molecule has 0 aliphatic heterocycles. The normalized spacial score (nSPS) is 10.8. The van der Waals surface area contributed by atoms with E-state index in [2.05, 4.69) is 37.0 Å². The molecule has 0 unspecified atom stereocenters. The van der Waals surface area contributed by atoms with Crippen molar-refractivity contribution < 1.29 is 0 Å². The van der Waals surface area contributed by atoms with E-state index >= 15 is 0 Å². The van der Waals surface area contributed by atoms with Gasteiger partial charge in [-0.05, 0) is 49.4 Å². The Morgan fingerprint density at radius 2 is 1.71 bits per heavy atom. The number of aryl methyl sites for hydroxylation is 3. The zero-order valence-electron chi connectivity index (χ0n) is 8.64. The first kappa shape index (κ1) is 9.41. The van der Waals surface area contributed by atoms with E-state index in [1.807, 2.05) is 6.92 Å². The minimum Gasteiger partial charge on any atom is -0.346 e. The Hall–Kier alpha value is -1.15. The van der Waals surface area contributed by atoms with E-state index in [0.29, 0.717) is 0 Å². The first-order valence-corrected chi connectivity index (χ1v) is 5.09. The van der Waals surface area contributed by atoms with Crippen LogP contribution in [0.2, 0.25) is 0 Å². The van der Waals surface area contributed by atoms with Gasteiger partial charge in [-0.25, -0.2) is 0 Å². The molecular formula is C12H13NS. The summed E-state index contributed by atoms with van der Waals surface area (Å²) in [5.74, 6) is 0. The number of hydrogen-bond acceptors (Lipinski definition) is 1. The average molecular weight is 203 g/mol. The van der Waals surface area contributed by atoms with E-state index in [9.17, 15) is 0 Å². The minimum absolute atomic E-state index is 0.837. The summed E-state index contributed by atoms with van der Waals surface area (Å²) in [6.07, 6.45) is 0. The van der Waals surface area contributed by atoms with Gasteiger partial charge in [-0.3, -0.25) is 0 Å². The topological polar surface area (TPSA) is 15.8 Å². The fourth-order valence-electron chi connectivity index (χ4n) is 1.80. The van der Waals surface area contributed by atoms with Crippen molar-refractivity contribution in [2.75, 3.05) is 0 Å². The maximum absolute atomic E-state index is 5.22. The number of hydrogen-bond donors (Lipinski definition) is 1. The van der Waals surface area contributed by atoms with Crippen LogP contribution in [0.15, 0.2) is 18.2 Å². The van der Waals surface area contributed by atoms with Crippen LogP contribution in [0.5, 0.6) is 0 Å². The van der Waals surface area contributed by atoms with Crippen LogP contribution in [0.25, 0.3) is 10.9 Å². The maximum atomic E-state index is 5.22. The summed E-state index contributed by atoms with van der Waals surface area (Å²) in [5, 5.41) is 1.24. The highest BCUT2D eigenvalue weighted by molar-refractivity contribution is 7.71. The molecule has 0 spiro atoms. The van der Waals surface area contributed by atoms with Gasteiger partial charge in [0.2, 0.25) is 0 Å². The van der Waals surface area contributed by atoms with Crippen LogP contribution in [0, 0.1) is 25.4 Å². The van der Waals surface area contributed by atoms with Crippen molar-refractivity contribution in [3.8, 4) is 0 Å². The van der Waals surface area contributed by atoms with Crippen molar-refractivity contribution in [2.45, 2.75) is 20.8 Å². The van der Waals surface area contributed by atoms with Crippen molar-refractivity contribution in [2.24, 2.45) is 0 Å².